The lowest BCUT2D eigenvalue weighted by atomic mass is 10.1. The van der Waals surface area contributed by atoms with Gasteiger partial charge in [0.15, 0.2) is 0 Å². The number of nitrogens with two attached hydrogens (primary N) is 1. The molecule has 0 saturated heterocycles. The molecule has 0 bridgehead atoms. The molecule has 0 aromatic heterocycles. The second-order valence-corrected chi connectivity index (χ2v) is 6.30. The second-order valence-electron chi connectivity index (χ2n) is 4.04. The van der Waals surface area contributed by atoms with E-state index in [0.717, 1.165) is 6.26 Å². The summed E-state index contributed by atoms with van der Waals surface area (Å²) in [6.07, 6.45) is 1.39. The Kier molecular flexibility index (Phi) is 5.17. The number of para-hydroxylation sites is 1. The molecule has 0 radical (unpaired) electrons. The first-order valence-electron chi connectivity index (χ1n) is 5.62. The molecule has 0 aliphatic rings. The zero-order chi connectivity index (χ0) is 14.5. The Labute approximate surface area is 112 Å². The maximum atomic E-state index is 11.8. The van der Waals surface area contributed by atoms with Gasteiger partial charge in [-0.25, -0.2) is 13.2 Å². The van der Waals surface area contributed by atoms with Gasteiger partial charge in [0.25, 0.3) is 0 Å². The van der Waals surface area contributed by atoms with Gasteiger partial charge in [-0.2, -0.15) is 0 Å². The standard InChI is InChI=1S/C12H17NO5S/c1-17-10-6-3-5-9(11(10)13)12(14)18-7-4-8-19(2,15)16/h3,5-6H,4,7-8,13H2,1-2H3. The van der Waals surface area contributed by atoms with E-state index in [1.165, 1.54) is 13.2 Å². The number of methoxy groups -OCH3 is 1. The predicted molar refractivity (Wildman–Crippen MR) is 72.0 cm³/mol. The van der Waals surface area contributed by atoms with Gasteiger partial charge in [0.1, 0.15) is 15.6 Å². The number of hydrogen-bond acceptors (Lipinski definition) is 6. The van der Waals surface area contributed by atoms with Crippen molar-refractivity contribution in [2.75, 3.05) is 31.5 Å². The highest BCUT2D eigenvalue weighted by molar-refractivity contribution is 7.90. The van der Waals surface area contributed by atoms with Crippen molar-refractivity contribution in [3.63, 3.8) is 0 Å². The Hall–Kier alpha value is -1.76. The number of carbonyl (C=O) groups is 1. The molecule has 0 saturated carbocycles. The molecule has 1 aromatic rings. The van der Waals surface area contributed by atoms with E-state index in [0.29, 0.717) is 5.75 Å². The SMILES string of the molecule is COc1cccc(C(=O)OCCCS(C)(=O)=O)c1N. The predicted octanol–water partition coefficient (Wildman–Crippen LogP) is 0.869. The van der Waals surface area contributed by atoms with Crippen LogP contribution in [0.2, 0.25) is 0 Å². The van der Waals surface area contributed by atoms with Crippen LogP contribution in [0.5, 0.6) is 5.75 Å². The van der Waals surface area contributed by atoms with E-state index >= 15 is 0 Å². The highest BCUT2D eigenvalue weighted by atomic mass is 32.2. The quantitative estimate of drug-likeness (QED) is 0.474. The molecule has 0 unspecified atom stereocenters. The van der Waals surface area contributed by atoms with Gasteiger partial charge < -0.3 is 15.2 Å². The normalized spacial score (nSPS) is 11.1. The third-order valence-corrected chi connectivity index (χ3v) is 3.43. The zero-order valence-corrected chi connectivity index (χ0v) is 11.7. The van der Waals surface area contributed by atoms with Gasteiger partial charge in [-0.1, -0.05) is 6.07 Å². The summed E-state index contributed by atoms with van der Waals surface area (Å²) < 4.78 is 31.8. The van der Waals surface area contributed by atoms with E-state index in [2.05, 4.69) is 0 Å². The number of ether oxygens (including phenoxy) is 2. The smallest absolute Gasteiger partial charge is 0.340 e. The Bertz CT molecular complexity index is 553. The fourth-order valence-electron chi connectivity index (χ4n) is 1.46. The van der Waals surface area contributed by atoms with Gasteiger partial charge in [0.05, 0.1) is 30.7 Å². The molecule has 0 amide bonds. The highest BCUT2D eigenvalue weighted by Crippen LogP contribution is 2.25. The van der Waals surface area contributed by atoms with E-state index in [9.17, 15) is 13.2 Å². The molecule has 0 aliphatic heterocycles. The van der Waals surface area contributed by atoms with Crippen molar-refractivity contribution in [3.8, 4) is 5.75 Å². The van der Waals surface area contributed by atoms with E-state index in [4.69, 9.17) is 15.2 Å². The maximum absolute atomic E-state index is 11.8. The molecule has 0 atom stereocenters. The summed E-state index contributed by atoms with van der Waals surface area (Å²) in [5.41, 5.74) is 6.16. The minimum absolute atomic E-state index is 0.0200. The van der Waals surface area contributed by atoms with Crippen LogP contribution in [0, 0.1) is 0 Å². The van der Waals surface area contributed by atoms with Gasteiger partial charge >= 0.3 is 5.97 Å². The Morgan fingerprint density at radius 3 is 2.63 bits per heavy atom. The van der Waals surface area contributed by atoms with Crippen LogP contribution in [0.3, 0.4) is 0 Å². The van der Waals surface area contributed by atoms with Gasteiger partial charge in [-0.05, 0) is 18.6 Å². The fraction of sp³-hybridized carbons (Fsp3) is 0.417. The van der Waals surface area contributed by atoms with Crippen molar-refractivity contribution >= 4 is 21.5 Å². The van der Waals surface area contributed by atoms with Crippen molar-refractivity contribution < 1.29 is 22.7 Å². The number of benzene rings is 1. The number of carbonyl (C=O) groups excluding carboxylic acids is 1. The first kappa shape index (κ1) is 15.3. The van der Waals surface area contributed by atoms with Crippen molar-refractivity contribution in [2.24, 2.45) is 0 Å². The van der Waals surface area contributed by atoms with Gasteiger partial charge in [-0.3, -0.25) is 0 Å². The summed E-state index contributed by atoms with van der Waals surface area (Å²) in [6.45, 7) is 0.0303. The topological polar surface area (TPSA) is 95.7 Å². The van der Waals surface area contributed by atoms with Crippen LogP contribution in [0.4, 0.5) is 5.69 Å². The van der Waals surface area contributed by atoms with Gasteiger partial charge in [0.2, 0.25) is 0 Å². The molecule has 19 heavy (non-hydrogen) atoms. The van der Waals surface area contributed by atoms with Crippen LogP contribution in [0.15, 0.2) is 18.2 Å². The van der Waals surface area contributed by atoms with E-state index in [1.54, 1.807) is 12.1 Å². The number of hydrogen-bond donors (Lipinski definition) is 1. The molecule has 0 spiro atoms. The Morgan fingerprint density at radius 2 is 2.05 bits per heavy atom. The lowest BCUT2D eigenvalue weighted by molar-refractivity contribution is 0.0506. The van der Waals surface area contributed by atoms with Crippen LogP contribution in [0.1, 0.15) is 16.8 Å². The Morgan fingerprint density at radius 1 is 1.37 bits per heavy atom. The van der Waals surface area contributed by atoms with Crippen LogP contribution >= 0.6 is 0 Å². The average molecular weight is 287 g/mol. The summed E-state index contributed by atoms with van der Waals surface area (Å²) in [7, 11) is -1.59. The van der Waals surface area contributed by atoms with E-state index in [-0.39, 0.29) is 30.0 Å². The molecule has 2 N–H and O–H groups in total. The number of anilines is 1. The molecule has 106 valence electrons. The molecular weight excluding hydrogens is 270 g/mol. The number of sulfone groups is 1. The Balaban J connectivity index is 2.59. The van der Waals surface area contributed by atoms with E-state index in [1.807, 2.05) is 0 Å². The molecule has 1 rings (SSSR count). The van der Waals surface area contributed by atoms with Crippen molar-refractivity contribution in [2.45, 2.75) is 6.42 Å². The average Bonchev–Trinajstić information content (AvgIpc) is 2.33. The summed E-state index contributed by atoms with van der Waals surface area (Å²) >= 11 is 0. The first-order valence-corrected chi connectivity index (χ1v) is 7.68. The summed E-state index contributed by atoms with van der Waals surface area (Å²) in [5, 5.41) is 0. The zero-order valence-electron chi connectivity index (χ0n) is 10.9. The fourth-order valence-corrected chi connectivity index (χ4v) is 2.11. The lowest BCUT2D eigenvalue weighted by Crippen LogP contribution is -2.12. The molecule has 7 heteroatoms. The number of rotatable bonds is 6. The molecule has 0 fully saturated rings. The van der Waals surface area contributed by atoms with E-state index < -0.39 is 15.8 Å². The largest absolute Gasteiger partial charge is 0.495 e. The van der Waals surface area contributed by atoms with Crippen molar-refractivity contribution in [1.82, 2.24) is 0 Å². The summed E-state index contributed by atoms with van der Waals surface area (Å²) in [5.74, 6) is -0.219. The second kappa shape index (κ2) is 6.42. The summed E-state index contributed by atoms with van der Waals surface area (Å²) in [4.78, 5) is 11.8. The number of nitrogen functional groups attached to an aromatic ring is 1. The monoisotopic (exact) mass is 287 g/mol. The molecule has 6 nitrogen and oxygen atoms in total. The van der Waals surface area contributed by atoms with Crippen LogP contribution in [-0.2, 0) is 14.6 Å². The minimum atomic E-state index is -3.04. The van der Waals surface area contributed by atoms with Crippen LogP contribution < -0.4 is 10.5 Å². The minimum Gasteiger partial charge on any atom is -0.495 e. The van der Waals surface area contributed by atoms with Crippen LogP contribution in [-0.4, -0.2) is 40.1 Å². The van der Waals surface area contributed by atoms with Crippen molar-refractivity contribution in [1.29, 1.82) is 0 Å². The lowest BCUT2D eigenvalue weighted by Gasteiger charge is -2.09. The number of esters is 1. The highest BCUT2D eigenvalue weighted by Gasteiger charge is 2.14. The van der Waals surface area contributed by atoms with Gasteiger partial charge in [0, 0.05) is 6.26 Å². The third kappa shape index (κ3) is 4.78. The maximum Gasteiger partial charge on any atom is 0.340 e. The molecule has 1 aromatic carbocycles. The third-order valence-electron chi connectivity index (χ3n) is 2.40. The van der Waals surface area contributed by atoms with Crippen molar-refractivity contribution in [3.05, 3.63) is 23.8 Å². The van der Waals surface area contributed by atoms with Crippen LogP contribution in [0.25, 0.3) is 0 Å². The molecular formula is C12H17NO5S. The van der Waals surface area contributed by atoms with Gasteiger partial charge in [-0.15, -0.1) is 0 Å². The summed E-state index contributed by atoms with van der Waals surface area (Å²) in [6, 6.07) is 4.79. The molecule has 0 aliphatic carbocycles. The molecule has 0 heterocycles. The first-order chi connectivity index (χ1) is 8.85.